The van der Waals surface area contributed by atoms with E-state index in [-0.39, 0.29) is 30.1 Å². The number of aromatic nitrogens is 3. The maximum absolute atomic E-state index is 9.97. The molecular weight excluding hydrogens is 272 g/mol. The minimum Gasteiger partial charge on any atom is -0.461 e. The van der Waals surface area contributed by atoms with Crippen LogP contribution < -0.4 is 21.3 Å². The Balaban J connectivity index is 2.00. The molecule has 0 radical (unpaired) electrons. The zero-order valence-corrected chi connectivity index (χ0v) is 12.5. The maximum atomic E-state index is 9.97. The summed E-state index contributed by atoms with van der Waals surface area (Å²) < 4.78 is 5.46. The quantitative estimate of drug-likeness (QED) is 0.452. The lowest BCUT2D eigenvalue weighted by Crippen LogP contribution is -2.30. The average molecular weight is 296 g/mol. The van der Waals surface area contributed by atoms with E-state index < -0.39 is 0 Å². The lowest BCUT2D eigenvalue weighted by Gasteiger charge is -2.27. The monoisotopic (exact) mass is 296 g/mol. The highest BCUT2D eigenvalue weighted by atomic mass is 16.5. The number of hydrazine groups is 1. The summed E-state index contributed by atoms with van der Waals surface area (Å²) in [5, 5.41) is 13.1. The molecule has 1 saturated carbocycles. The standard InChI is InChI=1S/C13H24N6O2/c1-8(2)21-13-17-11(16-12(18-13)19-14)15-7-9-5-3-4-6-10(9)20/h8-10,20H,3-7,14H2,1-2H3,(H2,15,16,17,18,19). The van der Waals surface area contributed by atoms with Crippen molar-refractivity contribution < 1.29 is 9.84 Å². The van der Waals surface area contributed by atoms with E-state index in [1.807, 2.05) is 13.8 Å². The van der Waals surface area contributed by atoms with Crippen molar-refractivity contribution in [3.63, 3.8) is 0 Å². The van der Waals surface area contributed by atoms with E-state index in [1.165, 1.54) is 0 Å². The molecule has 0 bridgehead atoms. The predicted molar refractivity (Wildman–Crippen MR) is 79.9 cm³/mol. The molecule has 1 aromatic heterocycles. The maximum Gasteiger partial charge on any atom is 0.323 e. The van der Waals surface area contributed by atoms with E-state index >= 15 is 0 Å². The number of hydrogen-bond donors (Lipinski definition) is 4. The molecule has 0 amide bonds. The van der Waals surface area contributed by atoms with Crippen LogP contribution >= 0.6 is 0 Å². The van der Waals surface area contributed by atoms with E-state index in [0.29, 0.717) is 12.5 Å². The van der Waals surface area contributed by atoms with E-state index in [4.69, 9.17) is 10.6 Å². The van der Waals surface area contributed by atoms with Crippen LogP contribution in [0.5, 0.6) is 6.01 Å². The Kier molecular flexibility index (Phi) is 5.51. The van der Waals surface area contributed by atoms with Gasteiger partial charge in [0.2, 0.25) is 11.9 Å². The normalized spacial score (nSPS) is 22.1. The zero-order chi connectivity index (χ0) is 15.2. The van der Waals surface area contributed by atoms with Crippen LogP contribution in [0.3, 0.4) is 0 Å². The highest BCUT2D eigenvalue weighted by Gasteiger charge is 2.23. The topological polar surface area (TPSA) is 118 Å². The largest absolute Gasteiger partial charge is 0.461 e. The average Bonchev–Trinajstić information content (AvgIpc) is 2.45. The SMILES string of the molecule is CC(C)Oc1nc(NN)nc(NCC2CCCCC2O)n1. The first-order valence-corrected chi connectivity index (χ1v) is 7.39. The van der Waals surface area contributed by atoms with Crippen LogP contribution in [0.4, 0.5) is 11.9 Å². The van der Waals surface area contributed by atoms with Crippen molar-refractivity contribution in [2.45, 2.75) is 51.7 Å². The van der Waals surface area contributed by atoms with Crippen LogP contribution in [0.15, 0.2) is 0 Å². The van der Waals surface area contributed by atoms with Gasteiger partial charge in [0.15, 0.2) is 0 Å². The Morgan fingerprint density at radius 1 is 1.24 bits per heavy atom. The van der Waals surface area contributed by atoms with Crippen molar-refractivity contribution in [2.24, 2.45) is 11.8 Å². The second kappa shape index (κ2) is 7.37. The van der Waals surface area contributed by atoms with Crippen molar-refractivity contribution in [1.82, 2.24) is 15.0 Å². The highest BCUT2D eigenvalue weighted by Crippen LogP contribution is 2.24. The van der Waals surface area contributed by atoms with Gasteiger partial charge in [-0.25, -0.2) is 5.84 Å². The molecule has 0 spiro atoms. The molecule has 1 aromatic rings. The van der Waals surface area contributed by atoms with Gasteiger partial charge >= 0.3 is 6.01 Å². The first-order valence-electron chi connectivity index (χ1n) is 7.39. The number of aliphatic hydroxyl groups excluding tert-OH is 1. The summed E-state index contributed by atoms with van der Waals surface area (Å²) in [5.74, 6) is 6.21. The molecule has 0 aromatic carbocycles. The lowest BCUT2D eigenvalue weighted by molar-refractivity contribution is 0.0762. The van der Waals surface area contributed by atoms with Gasteiger partial charge in [-0.2, -0.15) is 15.0 Å². The van der Waals surface area contributed by atoms with Crippen LogP contribution in [0.2, 0.25) is 0 Å². The lowest BCUT2D eigenvalue weighted by atomic mass is 9.86. The summed E-state index contributed by atoms with van der Waals surface area (Å²) in [6, 6.07) is 0.222. The molecule has 8 nitrogen and oxygen atoms in total. The zero-order valence-electron chi connectivity index (χ0n) is 12.5. The van der Waals surface area contributed by atoms with Crippen molar-refractivity contribution in [1.29, 1.82) is 0 Å². The van der Waals surface area contributed by atoms with Gasteiger partial charge in [0.1, 0.15) is 0 Å². The third kappa shape index (κ3) is 4.68. The van der Waals surface area contributed by atoms with Gasteiger partial charge in [0, 0.05) is 12.5 Å². The van der Waals surface area contributed by atoms with Gasteiger partial charge in [-0.05, 0) is 26.7 Å². The summed E-state index contributed by atoms with van der Waals surface area (Å²) in [5.41, 5.74) is 2.40. The third-order valence-corrected chi connectivity index (χ3v) is 3.48. The molecule has 0 aliphatic heterocycles. The minimum atomic E-state index is -0.258. The Morgan fingerprint density at radius 3 is 2.62 bits per heavy atom. The summed E-state index contributed by atoms with van der Waals surface area (Å²) >= 11 is 0. The number of nitrogens with zero attached hydrogens (tertiary/aromatic N) is 3. The van der Waals surface area contributed by atoms with Crippen molar-refractivity contribution >= 4 is 11.9 Å². The number of aliphatic hydroxyl groups is 1. The molecule has 2 rings (SSSR count). The summed E-state index contributed by atoms with van der Waals surface area (Å²) in [7, 11) is 0. The van der Waals surface area contributed by atoms with Crippen LogP contribution in [0, 0.1) is 5.92 Å². The number of hydrogen-bond acceptors (Lipinski definition) is 8. The summed E-state index contributed by atoms with van der Waals surface area (Å²) in [6.07, 6.45) is 3.82. The van der Waals surface area contributed by atoms with Gasteiger partial charge in [-0.1, -0.05) is 12.8 Å². The smallest absolute Gasteiger partial charge is 0.323 e. The molecule has 118 valence electrons. The number of nitrogen functional groups attached to an aromatic ring is 1. The number of anilines is 2. The first kappa shape index (κ1) is 15.7. The number of ether oxygens (including phenoxy) is 1. The van der Waals surface area contributed by atoms with E-state index in [1.54, 1.807) is 0 Å². The molecular formula is C13H24N6O2. The van der Waals surface area contributed by atoms with Crippen molar-refractivity contribution in [3.05, 3.63) is 0 Å². The van der Waals surface area contributed by atoms with Gasteiger partial charge in [-0.3, -0.25) is 5.43 Å². The molecule has 8 heteroatoms. The Morgan fingerprint density at radius 2 is 1.95 bits per heavy atom. The van der Waals surface area contributed by atoms with Crippen molar-refractivity contribution in [3.8, 4) is 6.01 Å². The Hall–Kier alpha value is -1.67. The van der Waals surface area contributed by atoms with E-state index in [9.17, 15) is 5.11 Å². The fourth-order valence-electron chi connectivity index (χ4n) is 2.41. The molecule has 1 aliphatic carbocycles. The number of rotatable bonds is 6. The second-order valence-corrected chi connectivity index (χ2v) is 5.57. The summed E-state index contributed by atoms with van der Waals surface area (Å²) in [6.45, 7) is 4.41. The number of nitrogens with two attached hydrogens (primary N) is 1. The molecule has 1 heterocycles. The van der Waals surface area contributed by atoms with Gasteiger partial charge in [0.05, 0.1) is 12.2 Å². The molecule has 1 aliphatic rings. The van der Waals surface area contributed by atoms with Crippen LogP contribution in [-0.4, -0.2) is 38.8 Å². The Bertz CT molecular complexity index is 456. The molecule has 21 heavy (non-hydrogen) atoms. The minimum absolute atomic E-state index is 0.0361. The highest BCUT2D eigenvalue weighted by molar-refractivity contribution is 5.35. The molecule has 0 saturated heterocycles. The van der Waals surface area contributed by atoms with Crippen LogP contribution in [0.1, 0.15) is 39.5 Å². The van der Waals surface area contributed by atoms with E-state index in [2.05, 4.69) is 25.7 Å². The van der Waals surface area contributed by atoms with E-state index in [0.717, 1.165) is 25.7 Å². The van der Waals surface area contributed by atoms with Crippen molar-refractivity contribution in [2.75, 3.05) is 17.3 Å². The van der Waals surface area contributed by atoms with Crippen LogP contribution in [0.25, 0.3) is 0 Å². The van der Waals surface area contributed by atoms with Gasteiger partial charge in [0.25, 0.3) is 0 Å². The first-order chi connectivity index (χ1) is 10.1. The van der Waals surface area contributed by atoms with Crippen LogP contribution in [-0.2, 0) is 0 Å². The fraction of sp³-hybridized carbons (Fsp3) is 0.769. The molecule has 2 atom stereocenters. The third-order valence-electron chi connectivity index (χ3n) is 3.48. The fourth-order valence-corrected chi connectivity index (χ4v) is 2.41. The predicted octanol–water partition coefficient (Wildman–Crippen LogP) is 0.907. The second-order valence-electron chi connectivity index (χ2n) is 5.57. The van der Waals surface area contributed by atoms with Gasteiger partial charge in [-0.15, -0.1) is 0 Å². The summed E-state index contributed by atoms with van der Waals surface area (Å²) in [4.78, 5) is 12.4. The molecule has 5 N–H and O–H groups in total. The number of nitrogens with one attached hydrogen (secondary N) is 2. The molecule has 2 unspecified atom stereocenters. The Labute approximate surface area is 124 Å². The molecule has 1 fully saturated rings. The van der Waals surface area contributed by atoms with Gasteiger partial charge < -0.3 is 15.2 Å².